The molecule has 0 radical (unpaired) electrons. The number of rotatable bonds is 22. The summed E-state index contributed by atoms with van der Waals surface area (Å²) in [5.74, 6) is -15.1. The highest BCUT2D eigenvalue weighted by molar-refractivity contribution is 5.99. The molecule has 0 aliphatic rings. The van der Waals surface area contributed by atoms with Crippen molar-refractivity contribution < 1.29 is 46.6 Å². The van der Waals surface area contributed by atoms with Crippen molar-refractivity contribution in [3.05, 3.63) is 64.7 Å². The van der Waals surface area contributed by atoms with Gasteiger partial charge in [0.2, 0.25) is 35.3 Å². The van der Waals surface area contributed by atoms with Crippen LogP contribution < -0.4 is 31.9 Å². The minimum absolute atomic E-state index is 0.0942. The lowest BCUT2D eigenvalue weighted by atomic mass is 9.96. The highest BCUT2D eigenvalue weighted by Crippen LogP contribution is 2.29. The van der Waals surface area contributed by atoms with E-state index in [9.17, 15) is 46.6 Å². The normalized spacial score (nSPS) is 14.6. The summed E-state index contributed by atoms with van der Waals surface area (Å²) in [6, 6.07) is 4.47. The molecule has 0 heterocycles. The standard InChI is InChI=1S/C40H58F4N6O6/c1-9-23(8)34(50-38(54)28-29(41)31(43)35(51)32(44)30(28)42)40(56)48-27(18-17-24-15-13-12-14-16-24)37(53)47-25(19-21(4)5)20-46-26(10-2)36(52)49-33(22(6)7)39(55)45-11-3/h12-16,21-23,25-27,33-34,46,51H,9-11,17-20H2,1-8H3,(H,45,55)(H,47,53)(H,48,56)(H,49,52)(H,50,54)/t23-,25-,26-,27-,33-,34-/m0/s1. The molecule has 0 aliphatic carbocycles. The van der Waals surface area contributed by atoms with Crippen LogP contribution in [-0.4, -0.2) is 77.9 Å². The number of benzene rings is 2. The SMILES string of the molecule is CCNC(=O)[C@@H](NC(=O)[C@H](CC)NC[C@H](CC(C)C)NC(=O)[C@H](CCc1ccccc1)NC(=O)[C@@H](NC(=O)c1c(F)c(F)c(O)c(F)c1F)[C@@H](C)CC)C(C)C. The molecule has 0 spiro atoms. The lowest BCUT2D eigenvalue weighted by Gasteiger charge is -2.29. The quantitative estimate of drug-likeness (QED) is 0.0683. The molecule has 5 amide bonds. The lowest BCUT2D eigenvalue weighted by molar-refractivity contribution is -0.131. The summed E-state index contributed by atoms with van der Waals surface area (Å²) < 4.78 is 57.4. The van der Waals surface area contributed by atoms with Crippen LogP contribution in [0, 0.1) is 41.0 Å². The van der Waals surface area contributed by atoms with E-state index in [-0.39, 0.29) is 43.0 Å². The number of aryl methyl sites for hydroxylation is 1. The molecule has 6 atom stereocenters. The number of amides is 5. The van der Waals surface area contributed by atoms with Crippen molar-refractivity contribution in [2.75, 3.05) is 13.1 Å². The summed E-state index contributed by atoms with van der Waals surface area (Å²) >= 11 is 0. The number of phenolic OH excluding ortho intramolecular Hbond substituents is 1. The summed E-state index contributed by atoms with van der Waals surface area (Å²) in [6.07, 6.45) is 1.56. The first-order chi connectivity index (χ1) is 26.4. The molecule has 2 aromatic rings. The van der Waals surface area contributed by atoms with Crippen LogP contribution >= 0.6 is 0 Å². The van der Waals surface area contributed by atoms with Gasteiger partial charge in [0.05, 0.1) is 6.04 Å². The molecule has 0 aromatic heterocycles. The molecule has 16 heteroatoms. The predicted molar refractivity (Wildman–Crippen MR) is 204 cm³/mol. The van der Waals surface area contributed by atoms with Gasteiger partial charge in [-0.15, -0.1) is 0 Å². The van der Waals surface area contributed by atoms with E-state index in [1.54, 1.807) is 20.8 Å². The molecule has 0 saturated carbocycles. The largest absolute Gasteiger partial charge is 0.503 e. The number of carbonyl (C=O) groups is 5. The van der Waals surface area contributed by atoms with Gasteiger partial charge in [-0.25, -0.2) is 8.78 Å². The van der Waals surface area contributed by atoms with Crippen molar-refractivity contribution in [2.24, 2.45) is 17.8 Å². The van der Waals surface area contributed by atoms with Gasteiger partial charge in [0.1, 0.15) is 23.7 Å². The zero-order valence-electron chi connectivity index (χ0n) is 33.5. The Morgan fingerprint density at radius 1 is 0.679 bits per heavy atom. The van der Waals surface area contributed by atoms with Crippen LogP contribution in [0.1, 0.15) is 97.0 Å². The van der Waals surface area contributed by atoms with Gasteiger partial charge < -0.3 is 37.0 Å². The van der Waals surface area contributed by atoms with Gasteiger partial charge in [0.15, 0.2) is 17.4 Å². The second-order valence-electron chi connectivity index (χ2n) is 14.7. The van der Waals surface area contributed by atoms with E-state index in [4.69, 9.17) is 0 Å². The van der Waals surface area contributed by atoms with Gasteiger partial charge in [-0.2, -0.15) is 8.78 Å². The predicted octanol–water partition coefficient (Wildman–Crippen LogP) is 4.39. The van der Waals surface area contributed by atoms with Crippen LogP contribution in [0.3, 0.4) is 0 Å². The van der Waals surface area contributed by atoms with Gasteiger partial charge >= 0.3 is 0 Å². The highest BCUT2D eigenvalue weighted by Gasteiger charge is 2.35. The smallest absolute Gasteiger partial charge is 0.258 e. The average Bonchev–Trinajstić information content (AvgIpc) is 3.15. The minimum atomic E-state index is -2.17. The second-order valence-corrected chi connectivity index (χ2v) is 14.7. The van der Waals surface area contributed by atoms with Crippen LogP contribution in [0.4, 0.5) is 17.6 Å². The molecule has 7 N–H and O–H groups in total. The third-order valence-corrected chi connectivity index (χ3v) is 9.48. The summed E-state index contributed by atoms with van der Waals surface area (Å²) in [5, 5.41) is 25.9. The molecule has 56 heavy (non-hydrogen) atoms. The molecule has 0 bridgehead atoms. The molecular formula is C40H58F4N6O6. The second kappa shape index (κ2) is 22.7. The summed E-state index contributed by atoms with van der Waals surface area (Å²) in [5.41, 5.74) is -0.803. The summed E-state index contributed by atoms with van der Waals surface area (Å²) in [7, 11) is 0. The van der Waals surface area contributed by atoms with Crippen molar-refractivity contribution in [2.45, 2.75) is 118 Å². The fourth-order valence-electron chi connectivity index (χ4n) is 6.06. The molecule has 0 saturated heterocycles. The first-order valence-corrected chi connectivity index (χ1v) is 19.2. The topological polar surface area (TPSA) is 178 Å². The Bertz CT molecular complexity index is 1620. The van der Waals surface area contributed by atoms with Gasteiger partial charge in [-0.3, -0.25) is 24.0 Å². The molecule has 2 rings (SSSR count). The van der Waals surface area contributed by atoms with Crippen LogP contribution in [-0.2, 0) is 25.6 Å². The van der Waals surface area contributed by atoms with E-state index in [1.807, 2.05) is 65.0 Å². The molecule has 0 aliphatic heterocycles. The van der Waals surface area contributed by atoms with Crippen LogP contribution in [0.5, 0.6) is 5.75 Å². The molecule has 312 valence electrons. The number of carbonyl (C=O) groups excluding carboxylic acids is 5. The molecular weight excluding hydrogens is 736 g/mol. The molecule has 12 nitrogen and oxygen atoms in total. The van der Waals surface area contributed by atoms with Crippen molar-refractivity contribution in [1.29, 1.82) is 0 Å². The Balaban J connectivity index is 2.35. The number of aromatic hydroxyl groups is 1. The van der Waals surface area contributed by atoms with Gasteiger partial charge in [-0.1, -0.05) is 85.2 Å². The number of likely N-dealkylation sites (N-methyl/N-ethyl adjacent to an activating group) is 1. The van der Waals surface area contributed by atoms with Gasteiger partial charge in [-0.05, 0) is 55.9 Å². The van der Waals surface area contributed by atoms with Crippen LogP contribution in [0.15, 0.2) is 30.3 Å². The van der Waals surface area contributed by atoms with E-state index >= 15 is 0 Å². The zero-order valence-corrected chi connectivity index (χ0v) is 33.5. The first-order valence-electron chi connectivity index (χ1n) is 19.2. The maximum atomic E-state index is 14.6. The maximum absolute atomic E-state index is 14.6. The Labute approximate surface area is 326 Å². The number of hydrogen-bond donors (Lipinski definition) is 7. The summed E-state index contributed by atoms with van der Waals surface area (Å²) in [6.45, 7) is 14.9. The van der Waals surface area contributed by atoms with Crippen molar-refractivity contribution in [3.8, 4) is 5.75 Å². The Kier molecular flexibility index (Phi) is 19.2. The van der Waals surface area contributed by atoms with Gasteiger partial charge in [0.25, 0.3) is 5.91 Å². The van der Waals surface area contributed by atoms with E-state index in [0.29, 0.717) is 25.8 Å². The fraction of sp³-hybridized carbons (Fsp3) is 0.575. The molecule has 2 aromatic carbocycles. The van der Waals surface area contributed by atoms with Crippen molar-refractivity contribution in [1.82, 2.24) is 31.9 Å². The number of hydrogen-bond acceptors (Lipinski definition) is 7. The van der Waals surface area contributed by atoms with E-state index in [1.165, 1.54) is 0 Å². The maximum Gasteiger partial charge on any atom is 0.258 e. The third kappa shape index (κ3) is 13.5. The Hall–Kier alpha value is -4.73. The van der Waals surface area contributed by atoms with E-state index in [0.717, 1.165) is 5.56 Å². The number of phenols is 1. The summed E-state index contributed by atoms with van der Waals surface area (Å²) in [4.78, 5) is 66.8. The average molecular weight is 795 g/mol. The number of halogens is 4. The Morgan fingerprint density at radius 2 is 1.27 bits per heavy atom. The van der Waals surface area contributed by atoms with E-state index in [2.05, 4.69) is 31.9 Å². The highest BCUT2D eigenvalue weighted by atomic mass is 19.2. The Morgan fingerprint density at radius 3 is 1.79 bits per heavy atom. The van der Waals surface area contributed by atoms with E-state index < -0.39 is 88.4 Å². The number of nitrogens with one attached hydrogen (secondary N) is 6. The third-order valence-electron chi connectivity index (χ3n) is 9.48. The monoisotopic (exact) mass is 794 g/mol. The van der Waals surface area contributed by atoms with Crippen molar-refractivity contribution in [3.63, 3.8) is 0 Å². The van der Waals surface area contributed by atoms with Gasteiger partial charge in [0, 0.05) is 19.1 Å². The lowest BCUT2D eigenvalue weighted by Crippen LogP contribution is -2.58. The fourth-order valence-corrected chi connectivity index (χ4v) is 6.06. The molecule has 0 unspecified atom stereocenters. The molecule has 0 fully saturated rings. The minimum Gasteiger partial charge on any atom is -0.503 e. The van der Waals surface area contributed by atoms with Crippen LogP contribution in [0.25, 0.3) is 0 Å². The zero-order chi connectivity index (χ0) is 42.3. The van der Waals surface area contributed by atoms with Crippen molar-refractivity contribution >= 4 is 29.5 Å². The van der Waals surface area contributed by atoms with Crippen LogP contribution in [0.2, 0.25) is 0 Å². The first kappa shape index (κ1) is 47.4.